The smallest absolute Gasteiger partial charge is 0.283 e. The molecule has 6 heteroatoms. The zero-order valence-corrected chi connectivity index (χ0v) is 14.3. The van der Waals surface area contributed by atoms with Gasteiger partial charge in [0.2, 0.25) is 0 Å². The third-order valence-electron chi connectivity index (χ3n) is 4.11. The fraction of sp³-hybridized carbons (Fsp3) is 0.294. The molecule has 2 aromatic carbocycles. The summed E-state index contributed by atoms with van der Waals surface area (Å²) in [6.45, 7) is 4.81. The van der Waals surface area contributed by atoms with E-state index in [1.54, 1.807) is 6.07 Å². The van der Waals surface area contributed by atoms with Gasteiger partial charge in [0.15, 0.2) is 0 Å². The minimum Gasteiger partial charge on any atom is -0.369 e. The fourth-order valence-electron chi connectivity index (χ4n) is 2.85. The van der Waals surface area contributed by atoms with Gasteiger partial charge >= 0.3 is 0 Å². The van der Waals surface area contributed by atoms with Gasteiger partial charge in [-0.1, -0.05) is 30.3 Å². The molecule has 0 bridgehead atoms. The quantitative estimate of drug-likeness (QED) is 0.604. The normalized spacial score (nSPS) is 15.6. The Kier molecular flexibility index (Phi) is 4.93. The molecular weight excluding hydrogens is 358 g/mol. The van der Waals surface area contributed by atoms with Gasteiger partial charge in [-0.15, -0.1) is 0 Å². The first-order chi connectivity index (χ1) is 11.1. The second-order valence-corrected chi connectivity index (χ2v) is 6.50. The second kappa shape index (κ2) is 7.10. The van der Waals surface area contributed by atoms with E-state index in [0.717, 1.165) is 38.4 Å². The van der Waals surface area contributed by atoms with Crippen LogP contribution in [0.1, 0.15) is 5.56 Å². The van der Waals surface area contributed by atoms with Gasteiger partial charge in [-0.25, -0.2) is 0 Å². The highest BCUT2D eigenvalue weighted by atomic mass is 79.9. The van der Waals surface area contributed by atoms with E-state index in [-0.39, 0.29) is 10.6 Å². The van der Waals surface area contributed by atoms with E-state index in [4.69, 9.17) is 0 Å². The number of halogens is 1. The molecule has 0 aromatic heterocycles. The van der Waals surface area contributed by atoms with Crippen LogP contribution in [0, 0.1) is 10.1 Å². The Bertz CT molecular complexity index is 685. The fourth-order valence-corrected chi connectivity index (χ4v) is 3.36. The highest BCUT2D eigenvalue weighted by Crippen LogP contribution is 2.30. The lowest BCUT2D eigenvalue weighted by atomic mass is 10.2. The minimum absolute atomic E-state index is 0.108. The topological polar surface area (TPSA) is 49.6 Å². The maximum Gasteiger partial charge on any atom is 0.283 e. The van der Waals surface area contributed by atoms with E-state index in [1.807, 2.05) is 18.2 Å². The molecule has 1 aliphatic heterocycles. The molecule has 23 heavy (non-hydrogen) atoms. The Hall–Kier alpha value is -1.92. The van der Waals surface area contributed by atoms with Crippen molar-refractivity contribution < 1.29 is 4.92 Å². The van der Waals surface area contributed by atoms with Crippen LogP contribution in [0.5, 0.6) is 0 Å². The SMILES string of the molecule is O=[N+]([O-])c1ccc(N2CCN(Cc3ccccc3)CC2)cc1Br. The number of benzene rings is 2. The van der Waals surface area contributed by atoms with Gasteiger partial charge in [0.25, 0.3) is 5.69 Å². The van der Waals surface area contributed by atoms with Crippen molar-refractivity contribution in [2.24, 2.45) is 0 Å². The van der Waals surface area contributed by atoms with Crippen molar-refractivity contribution in [3.63, 3.8) is 0 Å². The molecule has 0 radical (unpaired) electrons. The summed E-state index contributed by atoms with van der Waals surface area (Å²) >= 11 is 3.29. The van der Waals surface area contributed by atoms with Crippen LogP contribution < -0.4 is 4.90 Å². The van der Waals surface area contributed by atoms with Crippen molar-refractivity contribution in [1.29, 1.82) is 0 Å². The molecule has 0 amide bonds. The summed E-state index contributed by atoms with van der Waals surface area (Å²) in [6.07, 6.45) is 0. The van der Waals surface area contributed by atoms with Crippen molar-refractivity contribution in [2.45, 2.75) is 6.54 Å². The van der Waals surface area contributed by atoms with E-state index < -0.39 is 0 Å². The number of rotatable bonds is 4. The predicted octanol–water partition coefficient (Wildman–Crippen LogP) is 3.68. The third-order valence-corrected chi connectivity index (χ3v) is 4.75. The summed E-state index contributed by atoms with van der Waals surface area (Å²) in [7, 11) is 0. The Morgan fingerprint density at radius 1 is 1.04 bits per heavy atom. The van der Waals surface area contributed by atoms with E-state index in [1.165, 1.54) is 5.56 Å². The summed E-state index contributed by atoms with van der Waals surface area (Å²) in [5.74, 6) is 0. The number of nitro benzene ring substituents is 1. The molecule has 0 unspecified atom stereocenters. The van der Waals surface area contributed by atoms with Crippen molar-refractivity contribution in [3.05, 3.63) is 68.7 Å². The van der Waals surface area contributed by atoms with Crippen molar-refractivity contribution >= 4 is 27.3 Å². The van der Waals surface area contributed by atoms with E-state index in [0.29, 0.717) is 4.47 Å². The van der Waals surface area contributed by atoms with Crippen LogP contribution in [0.15, 0.2) is 53.0 Å². The van der Waals surface area contributed by atoms with Crippen LogP contribution in [0.4, 0.5) is 11.4 Å². The molecule has 0 N–H and O–H groups in total. The average molecular weight is 376 g/mol. The molecule has 0 saturated carbocycles. The molecule has 0 atom stereocenters. The van der Waals surface area contributed by atoms with Gasteiger partial charge in [-0.2, -0.15) is 0 Å². The van der Waals surface area contributed by atoms with Crippen molar-refractivity contribution in [1.82, 2.24) is 4.90 Å². The molecule has 1 saturated heterocycles. The lowest BCUT2D eigenvalue weighted by Gasteiger charge is -2.36. The Morgan fingerprint density at radius 2 is 1.74 bits per heavy atom. The van der Waals surface area contributed by atoms with Crippen LogP contribution in [-0.2, 0) is 6.54 Å². The first kappa shape index (κ1) is 16.0. The highest BCUT2D eigenvalue weighted by molar-refractivity contribution is 9.10. The number of nitro groups is 1. The summed E-state index contributed by atoms with van der Waals surface area (Å²) in [6, 6.07) is 15.7. The number of nitrogens with zero attached hydrogens (tertiary/aromatic N) is 3. The molecule has 0 aliphatic carbocycles. The molecule has 0 spiro atoms. The molecule has 3 rings (SSSR count). The van der Waals surface area contributed by atoms with Crippen LogP contribution in [-0.4, -0.2) is 36.0 Å². The van der Waals surface area contributed by atoms with Crippen molar-refractivity contribution in [3.8, 4) is 0 Å². The van der Waals surface area contributed by atoms with Gasteiger partial charge in [0.05, 0.1) is 9.40 Å². The monoisotopic (exact) mass is 375 g/mol. The van der Waals surface area contributed by atoms with Gasteiger partial charge in [-0.3, -0.25) is 15.0 Å². The first-order valence-corrected chi connectivity index (χ1v) is 8.38. The van der Waals surface area contributed by atoms with Gasteiger partial charge in [0, 0.05) is 44.5 Å². The molecule has 120 valence electrons. The second-order valence-electron chi connectivity index (χ2n) is 5.64. The molecule has 1 fully saturated rings. The van der Waals surface area contributed by atoms with E-state index >= 15 is 0 Å². The summed E-state index contributed by atoms with van der Waals surface area (Å²) in [4.78, 5) is 15.2. The number of hydrogen-bond acceptors (Lipinski definition) is 4. The van der Waals surface area contributed by atoms with E-state index in [9.17, 15) is 10.1 Å². The van der Waals surface area contributed by atoms with Gasteiger partial charge in [-0.05, 0) is 33.6 Å². The maximum atomic E-state index is 10.9. The van der Waals surface area contributed by atoms with Crippen LogP contribution >= 0.6 is 15.9 Å². The first-order valence-electron chi connectivity index (χ1n) is 7.58. The zero-order chi connectivity index (χ0) is 16.2. The summed E-state index contributed by atoms with van der Waals surface area (Å²) < 4.78 is 0.534. The number of hydrogen-bond donors (Lipinski definition) is 0. The predicted molar refractivity (Wildman–Crippen MR) is 94.7 cm³/mol. The number of piperazine rings is 1. The third kappa shape index (κ3) is 3.89. The highest BCUT2D eigenvalue weighted by Gasteiger charge is 2.19. The van der Waals surface area contributed by atoms with E-state index in [2.05, 4.69) is 50.0 Å². The average Bonchev–Trinajstić information content (AvgIpc) is 2.56. The van der Waals surface area contributed by atoms with Gasteiger partial charge in [0.1, 0.15) is 0 Å². The Labute approximate surface area is 143 Å². The summed E-state index contributed by atoms with van der Waals surface area (Å²) in [5.41, 5.74) is 2.47. The van der Waals surface area contributed by atoms with Crippen molar-refractivity contribution in [2.75, 3.05) is 31.1 Å². The summed E-state index contributed by atoms with van der Waals surface area (Å²) in [5, 5.41) is 10.9. The molecule has 2 aromatic rings. The Morgan fingerprint density at radius 3 is 2.35 bits per heavy atom. The zero-order valence-electron chi connectivity index (χ0n) is 12.7. The lowest BCUT2D eigenvalue weighted by molar-refractivity contribution is -0.385. The standard InChI is InChI=1S/C17H18BrN3O2/c18-16-12-15(6-7-17(16)21(22)23)20-10-8-19(9-11-20)13-14-4-2-1-3-5-14/h1-7,12H,8-11,13H2. The Balaban J connectivity index is 1.60. The molecular formula is C17H18BrN3O2. The van der Waals surface area contributed by atoms with Crippen LogP contribution in [0.2, 0.25) is 0 Å². The van der Waals surface area contributed by atoms with Gasteiger partial charge < -0.3 is 4.90 Å². The molecule has 1 heterocycles. The lowest BCUT2D eigenvalue weighted by Crippen LogP contribution is -2.45. The van der Waals surface area contributed by atoms with Crippen LogP contribution in [0.3, 0.4) is 0 Å². The number of anilines is 1. The maximum absolute atomic E-state index is 10.9. The largest absolute Gasteiger partial charge is 0.369 e. The molecule has 5 nitrogen and oxygen atoms in total. The molecule has 1 aliphatic rings. The minimum atomic E-state index is -0.369. The van der Waals surface area contributed by atoms with Crippen LogP contribution in [0.25, 0.3) is 0 Å².